The van der Waals surface area contributed by atoms with Crippen LogP contribution in [0.3, 0.4) is 0 Å². The molecule has 0 bridgehead atoms. The highest BCUT2D eigenvalue weighted by Gasteiger charge is 2.20. The molecule has 2 aromatic heterocycles. The molecule has 28 heavy (non-hydrogen) atoms. The van der Waals surface area contributed by atoms with Crippen molar-refractivity contribution in [2.24, 2.45) is 0 Å². The van der Waals surface area contributed by atoms with Gasteiger partial charge in [0.15, 0.2) is 5.82 Å². The first-order valence-corrected chi connectivity index (χ1v) is 8.65. The van der Waals surface area contributed by atoms with Crippen LogP contribution in [0.1, 0.15) is 18.3 Å². The van der Waals surface area contributed by atoms with Crippen molar-refractivity contribution in [2.75, 3.05) is 0 Å². The van der Waals surface area contributed by atoms with E-state index in [0.717, 1.165) is 11.8 Å². The van der Waals surface area contributed by atoms with E-state index in [9.17, 15) is 18.4 Å². The number of aromatic nitrogens is 2. The van der Waals surface area contributed by atoms with Gasteiger partial charge in [-0.25, -0.2) is 8.78 Å². The van der Waals surface area contributed by atoms with Crippen LogP contribution in [-0.4, -0.2) is 21.9 Å². The number of pyridine rings is 2. The number of hydrogen-bond acceptors (Lipinski definition) is 5. The van der Waals surface area contributed by atoms with Gasteiger partial charge in [0.1, 0.15) is 41.2 Å². The predicted octanol–water partition coefficient (Wildman–Crippen LogP) is 2.98. The maximum absolute atomic E-state index is 13.7. The number of carbonyl (C=O) groups excluding carboxylic acids is 1. The van der Waals surface area contributed by atoms with Gasteiger partial charge in [0.05, 0.1) is 11.9 Å². The molecule has 3 heterocycles. The van der Waals surface area contributed by atoms with Crippen LogP contribution in [0.5, 0.6) is 5.75 Å². The first-order chi connectivity index (χ1) is 13.3. The summed E-state index contributed by atoms with van der Waals surface area (Å²) in [6.07, 6.45) is 4.84. The van der Waals surface area contributed by atoms with Crippen molar-refractivity contribution in [3.8, 4) is 5.75 Å². The van der Waals surface area contributed by atoms with Crippen LogP contribution >= 0.6 is 11.6 Å². The fraction of sp³-hybridized carbons (Fsp3) is 0.211. The third-order valence-corrected chi connectivity index (χ3v) is 4.52. The summed E-state index contributed by atoms with van der Waals surface area (Å²) < 4.78 is 33.5. The Hall–Kier alpha value is -3.00. The molecule has 1 aliphatic rings. The Morgan fingerprint density at radius 1 is 1.36 bits per heavy atom. The monoisotopic (exact) mass is 407 g/mol. The fourth-order valence-electron chi connectivity index (χ4n) is 2.76. The van der Waals surface area contributed by atoms with Gasteiger partial charge in [0.2, 0.25) is 0 Å². The van der Waals surface area contributed by atoms with Crippen molar-refractivity contribution < 1.29 is 18.3 Å². The van der Waals surface area contributed by atoms with E-state index in [4.69, 9.17) is 16.3 Å². The minimum absolute atomic E-state index is 0.0500. The number of hydrogen-bond donors (Lipinski definition) is 1. The molecule has 0 saturated carbocycles. The van der Waals surface area contributed by atoms with Crippen LogP contribution in [-0.2, 0) is 11.4 Å². The molecule has 0 aliphatic carbocycles. The van der Waals surface area contributed by atoms with Gasteiger partial charge in [0.25, 0.3) is 5.56 Å². The molecule has 146 valence electrons. The number of ether oxygens (including phenoxy) is 1. The molecule has 0 spiro atoms. The molecule has 3 rings (SSSR count). The van der Waals surface area contributed by atoms with Crippen LogP contribution in [0.4, 0.5) is 8.78 Å². The zero-order chi connectivity index (χ0) is 20.4. The predicted molar refractivity (Wildman–Crippen MR) is 100.0 cm³/mol. The maximum atomic E-state index is 13.7. The van der Waals surface area contributed by atoms with Gasteiger partial charge in [0, 0.05) is 24.0 Å². The molecular formula is C19H16ClF2N3O3. The second kappa shape index (κ2) is 7.93. The Morgan fingerprint density at radius 3 is 2.79 bits per heavy atom. The summed E-state index contributed by atoms with van der Waals surface area (Å²) in [7, 11) is 0. The standard InChI is InChI=1S/C19H16ClF2N3O3/c1-10-6-23-13(8-26)5-16(10)25-11(2)3-17(18(20)19(25)27)28-9-15-14(22)4-12(21)7-24-15/h3-8,13,23H,9H2,1-2H3. The van der Waals surface area contributed by atoms with Crippen LogP contribution in [0.15, 0.2) is 41.0 Å². The number of halogens is 3. The first kappa shape index (κ1) is 19.8. The zero-order valence-electron chi connectivity index (χ0n) is 15.0. The summed E-state index contributed by atoms with van der Waals surface area (Å²) in [4.78, 5) is 27.5. The van der Waals surface area contributed by atoms with Gasteiger partial charge in [-0.3, -0.25) is 14.3 Å². The Kier molecular flexibility index (Phi) is 5.60. The normalized spacial score (nSPS) is 16.1. The summed E-state index contributed by atoms with van der Waals surface area (Å²) >= 11 is 6.17. The number of nitrogens with one attached hydrogen (secondary N) is 1. The third-order valence-electron chi connectivity index (χ3n) is 4.17. The molecule has 9 heteroatoms. The molecular weight excluding hydrogens is 392 g/mol. The highest BCUT2D eigenvalue weighted by molar-refractivity contribution is 6.31. The molecule has 1 N–H and O–H groups in total. The summed E-state index contributed by atoms with van der Waals surface area (Å²) in [5.74, 6) is -1.61. The molecule has 0 fully saturated rings. The van der Waals surface area contributed by atoms with Crippen molar-refractivity contribution >= 4 is 23.6 Å². The number of aldehydes is 1. The van der Waals surface area contributed by atoms with Gasteiger partial charge in [-0.1, -0.05) is 11.6 Å². The highest BCUT2D eigenvalue weighted by Crippen LogP contribution is 2.27. The molecule has 1 atom stereocenters. The lowest BCUT2D eigenvalue weighted by Gasteiger charge is -2.22. The average Bonchev–Trinajstić information content (AvgIpc) is 2.66. The number of aryl methyl sites for hydroxylation is 1. The van der Waals surface area contributed by atoms with Crippen molar-refractivity contribution in [3.63, 3.8) is 0 Å². The Bertz CT molecular complexity index is 1060. The number of rotatable bonds is 5. The smallest absolute Gasteiger partial charge is 0.277 e. The van der Waals surface area contributed by atoms with Crippen molar-refractivity contribution in [3.05, 3.63) is 74.6 Å². The number of nitrogens with zero attached hydrogens (tertiary/aromatic N) is 2. The lowest BCUT2D eigenvalue weighted by molar-refractivity contribution is -0.108. The molecule has 0 aromatic carbocycles. The van der Waals surface area contributed by atoms with Gasteiger partial charge in [-0.2, -0.15) is 0 Å². The molecule has 1 unspecified atom stereocenters. The molecule has 0 saturated heterocycles. The minimum atomic E-state index is -0.860. The van der Waals surface area contributed by atoms with E-state index >= 15 is 0 Å². The second-order valence-electron chi connectivity index (χ2n) is 6.18. The topological polar surface area (TPSA) is 73.2 Å². The number of dihydropyridines is 1. The number of carbonyl (C=O) groups is 1. The minimum Gasteiger partial charge on any atom is -0.485 e. The van der Waals surface area contributed by atoms with Gasteiger partial charge in [-0.05, 0) is 25.5 Å². The molecule has 2 aromatic rings. The van der Waals surface area contributed by atoms with Crippen LogP contribution in [0.25, 0.3) is 5.70 Å². The van der Waals surface area contributed by atoms with Gasteiger partial charge in [-0.15, -0.1) is 0 Å². The Morgan fingerprint density at radius 2 is 2.11 bits per heavy atom. The summed E-state index contributed by atoms with van der Waals surface area (Å²) in [6, 6.07) is 1.66. The van der Waals surface area contributed by atoms with E-state index < -0.39 is 23.2 Å². The Balaban J connectivity index is 1.95. The summed E-state index contributed by atoms with van der Waals surface area (Å²) in [5.41, 5.74) is 1.11. The van der Waals surface area contributed by atoms with E-state index in [2.05, 4.69) is 10.3 Å². The van der Waals surface area contributed by atoms with Crippen molar-refractivity contribution in [1.29, 1.82) is 0 Å². The summed E-state index contributed by atoms with van der Waals surface area (Å²) in [5, 5.41) is 2.68. The number of allylic oxidation sites excluding steroid dienone is 2. The van der Waals surface area contributed by atoms with Crippen molar-refractivity contribution in [2.45, 2.75) is 26.5 Å². The largest absolute Gasteiger partial charge is 0.485 e. The molecule has 0 radical (unpaired) electrons. The van der Waals surface area contributed by atoms with Crippen LogP contribution in [0.2, 0.25) is 5.02 Å². The Labute approximate surface area is 164 Å². The van der Waals surface area contributed by atoms with E-state index in [1.54, 1.807) is 26.1 Å². The molecule has 6 nitrogen and oxygen atoms in total. The fourth-order valence-corrected chi connectivity index (χ4v) is 2.95. The molecule has 0 amide bonds. The van der Waals surface area contributed by atoms with E-state index in [1.165, 1.54) is 10.6 Å². The maximum Gasteiger partial charge on any atom is 0.277 e. The zero-order valence-corrected chi connectivity index (χ0v) is 15.8. The van der Waals surface area contributed by atoms with Crippen molar-refractivity contribution in [1.82, 2.24) is 14.9 Å². The van der Waals surface area contributed by atoms with E-state index in [-0.39, 0.29) is 23.1 Å². The second-order valence-corrected chi connectivity index (χ2v) is 6.56. The van der Waals surface area contributed by atoms with E-state index in [1.807, 2.05) is 0 Å². The molecule has 1 aliphatic heterocycles. The third kappa shape index (κ3) is 3.82. The quantitative estimate of drug-likeness (QED) is 0.771. The SMILES string of the molecule is CC1=CNC(C=O)C=C1n1c(C)cc(OCc2ncc(F)cc2F)c(Cl)c1=O. The van der Waals surface area contributed by atoms with Crippen LogP contribution < -0.4 is 15.6 Å². The first-order valence-electron chi connectivity index (χ1n) is 8.27. The lowest BCUT2D eigenvalue weighted by Crippen LogP contribution is -2.31. The average molecular weight is 408 g/mol. The highest BCUT2D eigenvalue weighted by atomic mass is 35.5. The lowest BCUT2D eigenvalue weighted by atomic mass is 10.1. The van der Waals surface area contributed by atoms with E-state index in [0.29, 0.717) is 23.7 Å². The summed E-state index contributed by atoms with van der Waals surface area (Å²) in [6.45, 7) is 3.13. The van der Waals surface area contributed by atoms with Crippen LogP contribution in [0, 0.1) is 18.6 Å². The van der Waals surface area contributed by atoms with Gasteiger partial charge >= 0.3 is 0 Å². The van der Waals surface area contributed by atoms with Gasteiger partial charge < -0.3 is 14.8 Å².